The second-order valence-electron chi connectivity index (χ2n) is 13.0. The molecule has 2 aliphatic rings. The third kappa shape index (κ3) is 8.01. The lowest BCUT2D eigenvalue weighted by Crippen LogP contribution is -2.34. The topological polar surface area (TPSA) is 76.4 Å². The molecule has 1 fully saturated rings. The number of alkyl halides is 6. The Morgan fingerprint density at radius 2 is 1.69 bits per heavy atom. The largest absolute Gasteiger partial charge is 0.469 e. The smallest absolute Gasteiger partial charge is 0.416 e. The second kappa shape index (κ2) is 14.1. The van der Waals surface area contributed by atoms with E-state index >= 15 is 0 Å². The van der Waals surface area contributed by atoms with E-state index in [1.54, 1.807) is 18.0 Å². The van der Waals surface area contributed by atoms with Crippen molar-refractivity contribution in [3.63, 3.8) is 0 Å². The van der Waals surface area contributed by atoms with Crippen LogP contribution in [0.4, 0.5) is 38.0 Å². The number of esters is 1. The number of methoxy groups -OCH3 is 1. The summed E-state index contributed by atoms with van der Waals surface area (Å²) in [5.41, 5.74) is -0.0895. The molecule has 48 heavy (non-hydrogen) atoms. The van der Waals surface area contributed by atoms with Crippen molar-refractivity contribution in [1.29, 1.82) is 0 Å². The lowest BCUT2D eigenvalue weighted by atomic mass is 9.80. The number of benzene rings is 2. The van der Waals surface area contributed by atoms with E-state index in [1.807, 2.05) is 4.90 Å². The lowest BCUT2D eigenvalue weighted by molar-refractivity contribution is -0.142. The molecular weight excluding hydrogens is 662 g/mol. The van der Waals surface area contributed by atoms with Gasteiger partial charge >= 0.3 is 18.3 Å². The number of carbonyl (C=O) groups is 1. The summed E-state index contributed by atoms with van der Waals surface area (Å²) < 4.78 is 89.6. The first-order chi connectivity index (χ1) is 22.5. The zero-order chi connectivity index (χ0) is 35.0. The number of ether oxygens (including phenoxy) is 1. The SMILES string of the molecule is COC(=O)CC1CCC(CN2CCCC(N(Cc3cc(Cl)cc(C(F)(F)F)c3)c3nnn(C)n3)c3cc(C)c(C(F)(F)F)c(C)c32)CC1. The van der Waals surface area contributed by atoms with Crippen LogP contribution in [0.1, 0.15) is 84.4 Å². The van der Waals surface area contributed by atoms with E-state index in [4.69, 9.17) is 16.3 Å². The van der Waals surface area contributed by atoms with E-state index in [2.05, 4.69) is 15.4 Å². The number of anilines is 2. The number of tetrazole rings is 1. The molecule has 1 unspecified atom stereocenters. The first-order valence-electron chi connectivity index (χ1n) is 16.0. The minimum absolute atomic E-state index is 0.0584. The van der Waals surface area contributed by atoms with E-state index in [0.29, 0.717) is 43.6 Å². The number of hydrogen-bond donors (Lipinski definition) is 0. The van der Waals surface area contributed by atoms with Crippen LogP contribution >= 0.6 is 11.6 Å². The standard InChI is InChI=1S/C33H39ClF6N6O2/c1-19-12-26-27(46(31-41-43-44(3)42-31)18-23-13-24(32(35,36)37)16-25(34)14-23)6-5-11-45(30(26)20(2)29(19)33(38,39)40)17-22-9-7-21(8-10-22)15-28(47)48-4/h12-14,16,21-22,27H,5-11,15,17-18H2,1-4H3. The highest BCUT2D eigenvalue weighted by atomic mass is 35.5. The summed E-state index contributed by atoms with van der Waals surface area (Å²) in [5, 5.41) is 12.4. The number of aromatic nitrogens is 4. The van der Waals surface area contributed by atoms with Crippen LogP contribution in [0.2, 0.25) is 5.02 Å². The van der Waals surface area contributed by atoms with Gasteiger partial charge in [-0.05, 0) is 110 Å². The van der Waals surface area contributed by atoms with Crippen molar-refractivity contribution in [2.45, 2.75) is 83.7 Å². The Labute approximate surface area is 280 Å². The van der Waals surface area contributed by atoms with Gasteiger partial charge in [0.2, 0.25) is 0 Å². The summed E-state index contributed by atoms with van der Waals surface area (Å²) in [6.07, 6.45) is -4.48. The minimum atomic E-state index is -4.63. The van der Waals surface area contributed by atoms with Gasteiger partial charge in [0.25, 0.3) is 5.95 Å². The molecular formula is C33H39ClF6N6O2. The normalized spacial score (nSPS) is 20.3. The van der Waals surface area contributed by atoms with E-state index in [-0.39, 0.29) is 52.0 Å². The third-order valence-electron chi connectivity index (χ3n) is 9.53. The molecule has 0 bridgehead atoms. The van der Waals surface area contributed by atoms with E-state index in [9.17, 15) is 31.1 Å². The van der Waals surface area contributed by atoms with Gasteiger partial charge in [-0.15, -0.1) is 5.10 Å². The van der Waals surface area contributed by atoms with Crippen LogP contribution in [-0.2, 0) is 35.5 Å². The third-order valence-corrected chi connectivity index (χ3v) is 9.75. The zero-order valence-electron chi connectivity index (χ0n) is 27.3. The van der Waals surface area contributed by atoms with E-state index < -0.39 is 29.5 Å². The Morgan fingerprint density at radius 1 is 1.00 bits per heavy atom. The summed E-state index contributed by atoms with van der Waals surface area (Å²) in [7, 11) is 2.93. The monoisotopic (exact) mass is 700 g/mol. The average Bonchev–Trinajstić information content (AvgIpc) is 3.34. The maximum absolute atomic E-state index is 14.5. The minimum Gasteiger partial charge on any atom is -0.469 e. The summed E-state index contributed by atoms with van der Waals surface area (Å²) in [6.45, 7) is 3.86. The molecule has 2 aromatic carbocycles. The van der Waals surface area contributed by atoms with Gasteiger partial charge in [0.05, 0.1) is 31.3 Å². The second-order valence-corrected chi connectivity index (χ2v) is 13.4. The van der Waals surface area contributed by atoms with Crippen molar-refractivity contribution >= 4 is 29.2 Å². The molecule has 262 valence electrons. The fourth-order valence-electron chi connectivity index (χ4n) is 7.42. The number of fused-ring (bicyclic) bond motifs is 1. The van der Waals surface area contributed by atoms with Crippen molar-refractivity contribution in [2.24, 2.45) is 18.9 Å². The van der Waals surface area contributed by atoms with Gasteiger partial charge in [0.1, 0.15) is 0 Å². The molecule has 8 nitrogen and oxygen atoms in total. The average molecular weight is 701 g/mol. The van der Waals surface area contributed by atoms with E-state index in [0.717, 1.165) is 37.8 Å². The molecule has 1 atom stereocenters. The molecule has 1 aliphatic heterocycles. The van der Waals surface area contributed by atoms with Crippen molar-refractivity contribution in [3.8, 4) is 0 Å². The van der Waals surface area contributed by atoms with Crippen molar-refractivity contribution in [3.05, 3.63) is 62.7 Å². The Kier molecular flexibility index (Phi) is 10.5. The summed E-state index contributed by atoms with van der Waals surface area (Å²) in [4.78, 5) is 16.8. The molecule has 1 saturated carbocycles. The quantitative estimate of drug-likeness (QED) is 0.173. The van der Waals surface area contributed by atoms with Crippen molar-refractivity contribution in [1.82, 2.24) is 20.2 Å². The van der Waals surface area contributed by atoms with Crippen LogP contribution < -0.4 is 9.80 Å². The van der Waals surface area contributed by atoms with Crippen molar-refractivity contribution in [2.75, 3.05) is 30.0 Å². The van der Waals surface area contributed by atoms with Gasteiger partial charge in [-0.3, -0.25) is 4.79 Å². The summed E-state index contributed by atoms with van der Waals surface area (Å²) in [6, 6.07) is 4.27. The van der Waals surface area contributed by atoms with Crippen LogP contribution in [0.15, 0.2) is 24.3 Å². The molecule has 1 aromatic heterocycles. The Morgan fingerprint density at radius 3 is 2.29 bits per heavy atom. The Hall–Kier alpha value is -3.55. The molecule has 1 aliphatic carbocycles. The molecule has 15 heteroatoms. The van der Waals surface area contributed by atoms with Crippen LogP contribution in [0.5, 0.6) is 0 Å². The molecule has 0 radical (unpaired) electrons. The number of nitrogens with zero attached hydrogens (tertiary/aromatic N) is 6. The number of halogens is 7. The first-order valence-corrected chi connectivity index (χ1v) is 16.3. The fraction of sp³-hybridized carbons (Fsp3) is 0.576. The molecule has 0 amide bonds. The van der Waals surface area contributed by atoms with Gasteiger partial charge in [-0.1, -0.05) is 22.8 Å². The highest BCUT2D eigenvalue weighted by Crippen LogP contribution is 2.47. The first kappa shape index (κ1) is 35.7. The van der Waals surface area contributed by atoms with Gasteiger partial charge in [0.15, 0.2) is 0 Å². The summed E-state index contributed by atoms with van der Waals surface area (Å²) in [5.74, 6) is 0.317. The van der Waals surface area contributed by atoms with Crippen LogP contribution in [0.25, 0.3) is 0 Å². The maximum atomic E-state index is 14.5. The lowest BCUT2D eigenvalue weighted by Gasteiger charge is -2.37. The highest BCUT2D eigenvalue weighted by Gasteiger charge is 2.40. The number of rotatable bonds is 8. The summed E-state index contributed by atoms with van der Waals surface area (Å²) >= 11 is 6.13. The van der Waals surface area contributed by atoms with Gasteiger partial charge in [-0.2, -0.15) is 31.1 Å². The van der Waals surface area contributed by atoms with E-state index in [1.165, 1.54) is 31.8 Å². The molecule has 5 rings (SSSR count). The number of carbonyl (C=O) groups excluding carboxylic acids is 1. The van der Waals surface area contributed by atoms with Crippen molar-refractivity contribution < 1.29 is 35.9 Å². The molecule has 0 spiro atoms. The Bertz CT molecular complexity index is 1620. The van der Waals surface area contributed by atoms with Gasteiger partial charge in [0, 0.05) is 36.8 Å². The zero-order valence-corrected chi connectivity index (χ0v) is 28.0. The van der Waals surface area contributed by atoms with Gasteiger partial charge in [-0.25, -0.2) is 0 Å². The predicted molar refractivity (Wildman–Crippen MR) is 169 cm³/mol. The van der Waals surface area contributed by atoms with Crippen LogP contribution in [0, 0.1) is 25.7 Å². The van der Waals surface area contributed by atoms with Crippen LogP contribution in [-0.4, -0.2) is 46.4 Å². The highest BCUT2D eigenvalue weighted by molar-refractivity contribution is 6.30. The fourth-order valence-corrected chi connectivity index (χ4v) is 7.68. The molecule has 2 heterocycles. The predicted octanol–water partition coefficient (Wildman–Crippen LogP) is 8.24. The maximum Gasteiger partial charge on any atom is 0.416 e. The molecule has 3 aromatic rings. The Balaban J connectivity index is 1.56. The molecule has 0 N–H and O–H groups in total. The molecule has 0 saturated heterocycles. The number of aryl methyl sites for hydroxylation is 2. The number of hydrogen-bond acceptors (Lipinski definition) is 7. The van der Waals surface area contributed by atoms with Crippen LogP contribution in [0.3, 0.4) is 0 Å². The van der Waals surface area contributed by atoms with Gasteiger partial charge < -0.3 is 14.5 Å².